The van der Waals surface area contributed by atoms with E-state index in [-0.39, 0.29) is 0 Å². The summed E-state index contributed by atoms with van der Waals surface area (Å²) in [5.74, 6) is -0.927. The second-order valence-corrected chi connectivity index (χ2v) is 4.99. The average molecular weight is 267 g/mol. The molecule has 1 aromatic rings. The zero-order valence-corrected chi connectivity index (χ0v) is 11.1. The lowest BCUT2D eigenvalue weighted by atomic mass is 10.1. The first-order valence-electron chi connectivity index (χ1n) is 5.90. The van der Waals surface area contributed by atoms with Crippen molar-refractivity contribution in [3.63, 3.8) is 0 Å². The van der Waals surface area contributed by atoms with Gasteiger partial charge in [-0.15, -0.1) is 0 Å². The minimum atomic E-state index is -0.474. The second kappa shape index (κ2) is 5.08. The van der Waals surface area contributed by atoms with E-state index in [1.165, 1.54) is 4.90 Å². The number of hydrogen-bond donors (Lipinski definition) is 1. The number of benzene rings is 1. The van der Waals surface area contributed by atoms with Gasteiger partial charge in [-0.25, -0.2) is 0 Å². The summed E-state index contributed by atoms with van der Waals surface area (Å²) in [6.45, 7) is 5.17. The van der Waals surface area contributed by atoms with Gasteiger partial charge in [0.05, 0.1) is 11.3 Å². The number of hydrogen-bond acceptors (Lipinski definition) is 3. The molecule has 0 saturated carbocycles. The predicted octanol–water partition coefficient (Wildman–Crippen LogP) is 1.87. The molecule has 2 rings (SSSR count). The molecular weight excluding hydrogens is 252 g/mol. The highest BCUT2D eigenvalue weighted by atomic mass is 35.5. The monoisotopic (exact) mass is 266 g/mol. The molecule has 5 heteroatoms. The number of fused-ring (bicyclic) bond motifs is 1. The number of nitrogens with zero attached hydrogens (tertiary/aromatic N) is 1. The quantitative estimate of drug-likeness (QED) is 0.847. The summed E-state index contributed by atoms with van der Waals surface area (Å²) in [7, 11) is 0. The van der Waals surface area contributed by atoms with E-state index in [4.69, 9.17) is 11.6 Å². The molecule has 1 aromatic carbocycles. The minimum Gasteiger partial charge on any atom is -0.313 e. The summed E-state index contributed by atoms with van der Waals surface area (Å²) < 4.78 is 0. The zero-order chi connectivity index (χ0) is 13.3. The summed E-state index contributed by atoms with van der Waals surface area (Å²) in [6.07, 6.45) is 0. The van der Waals surface area contributed by atoms with Crippen LogP contribution in [0.15, 0.2) is 18.2 Å². The SMILES string of the molecule is CC(C)NCCN1C(=O)C(=O)c2ccc(Cl)cc21. The lowest BCUT2D eigenvalue weighted by Crippen LogP contribution is -2.37. The fraction of sp³-hybridized carbons (Fsp3) is 0.385. The van der Waals surface area contributed by atoms with Crippen molar-refractivity contribution in [3.8, 4) is 0 Å². The summed E-state index contributed by atoms with van der Waals surface area (Å²) in [4.78, 5) is 25.1. The fourth-order valence-electron chi connectivity index (χ4n) is 1.95. The molecule has 1 aliphatic rings. The predicted molar refractivity (Wildman–Crippen MR) is 71.3 cm³/mol. The van der Waals surface area contributed by atoms with Crippen LogP contribution in [0.1, 0.15) is 24.2 Å². The highest BCUT2D eigenvalue weighted by Crippen LogP contribution is 2.31. The van der Waals surface area contributed by atoms with Crippen LogP contribution < -0.4 is 10.2 Å². The minimum absolute atomic E-state index is 0.345. The molecule has 0 radical (unpaired) electrons. The Morgan fingerprint density at radius 3 is 2.72 bits per heavy atom. The van der Waals surface area contributed by atoms with Gasteiger partial charge in [0.25, 0.3) is 11.7 Å². The van der Waals surface area contributed by atoms with Gasteiger partial charge in [-0.2, -0.15) is 0 Å². The van der Waals surface area contributed by atoms with E-state index in [1.807, 2.05) is 13.8 Å². The van der Waals surface area contributed by atoms with Crippen molar-refractivity contribution >= 4 is 29.0 Å². The van der Waals surface area contributed by atoms with Gasteiger partial charge in [0.2, 0.25) is 0 Å². The van der Waals surface area contributed by atoms with Gasteiger partial charge < -0.3 is 10.2 Å². The Morgan fingerprint density at radius 2 is 2.06 bits per heavy atom. The molecule has 0 aromatic heterocycles. The van der Waals surface area contributed by atoms with Crippen molar-refractivity contribution < 1.29 is 9.59 Å². The third-order valence-corrected chi connectivity index (χ3v) is 3.06. The van der Waals surface area contributed by atoms with E-state index >= 15 is 0 Å². The highest BCUT2D eigenvalue weighted by molar-refractivity contribution is 6.52. The first-order valence-corrected chi connectivity index (χ1v) is 6.27. The Hall–Kier alpha value is -1.39. The third kappa shape index (κ3) is 2.40. The largest absolute Gasteiger partial charge is 0.313 e. The molecule has 96 valence electrons. The van der Waals surface area contributed by atoms with Crippen LogP contribution in [0.25, 0.3) is 0 Å². The van der Waals surface area contributed by atoms with Crippen molar-refractivity contribution in [3.05, 3.63) is 28.8 Å². The maximum Gasteiger partial charge on any atom is 0.299 e. The Morgan fingerprint density at radius 1 is 1.33 bits per heavy atom. The first-order chi connectivity index (χ1) is 8.50. The average Bonchev–Trinajstić information content (AvgIpc) is 2.53. The fourth-order valence-corrected chi connectivity index (χ4v) is 2.12. The molecule has 18 heavy (non-hydrogen) atoms. The van der Waals surface area contributed by atoms with Crippen LogP contribution in [0.5, 0.6) is 0 Å². The van der Waals surface area contributed by atoms with E-state index < -0.39 is 11.7 Å². The molecule has 1 aliphatic heterocycles. The molecule has 4 nitrogen and oxygen atoms in total. The number of nitrogens with one attached hydrogen (secondary N) is 1. The number of amides is 1. The van der Waals surface area contributed by atoms with Gasteiger partial charge >= 0.3 is 0 Å². The molecule has 1 heterocycles. The molecule has 0 atom stereocenters. The summed E-state index contributed by atoms with van der Waals surface area (Å²) >= 11 is 5.90. The topological polar surface area (TPSA) is 49.4 Å². The number of anilines is 1. The van der Waals surface area contributed by atoms with Crippen molar-refractivity contribution in [1.29, 1.82) is 0 Å². The Balaban J connectivity index is 2.19. The number of carbonyl (C=O) groups excluding carboxylic acids is 2. The normalized spacial score (nSPS) is 14.6. The molecular formula is C13H15ClN2O2. The summed E-state index contributed by atoms with van der Waals surface area (Å²) in [6, 6.07) is 5.24. The Kier molecular flexibility index (Phi) is 3.68. The molecule has 0 fully saturated rings. The van der Waals surface area contributed by atoms with E-state index in [9.17, 15) is 9.59 Å². The molecule has 1 amide bonds. The van der Waals surface area contributed by atoms with Gasteiger partial charge in [-0.1, -0.05) is 25.4 Å². The molecule has 0 unspecified atom stereocenters. The number of Topliss-reactive ketones (excluding diaryl/α,β-unsaturated/α-hetero) is 1. The number of halogens is 1. The van der Waals surface area contributed by atoms with Crippen LogP contribution in [0.2, 0.25) is 5.02 Å². The molecule has 1 N–H and O–H groups in total. The zero-order valence-electron chi connectivity index (χ0n) is 10.4. The van der Waals surface area contributed by atoms with Crippen molar-refractivity contribution in [2.24, 2.45) is 0 Å². The second-order valence-electron chi connectivity index (χ2n) is 4.56. The summed E-state index contributed by atoms with van der Waals surface area (Å²) in [5, 5.41) is 3.74. The van der Waals surface area contributed by atoms with Crippen LogP contribution >= 0.6 is 11.6 Å². The third-order valence-electron chi connectivity index (χ3n) is 2.82. The lowest BCUT2D eigenvalue weighted by Gasteiger charge is -2.18. The van der Waals surface area contributed by atoms with Crippen molar-refractivity contribution in [2.45, 2.75) is 19.9 Å². The van der Waals surface area contributed by atoms with Gasteiger partial charge in [-0.05, 0) is 18.2 Å². The molecule has 0 bridgehead atoms. The highest BCUT2D eigenvalue weighted by Gasteiger charge is 2.35. The maximum absolute atomic E-state index is 11.9. The van der Waals surface area contributed by atoms with Crippen LogP contribution in [0, 0.1) is 0 Å². The van der Waals surface area contributed by atoms with Gasteiger partial charge in [0.15, 0.2) is 0 Å². The number of ketones is 1. The van der Waals surface area contributed by atoms with Gasteiger partial charge in [0.1, 0.15) is 0 Å². The summed E-state index contributed by atoms with van der Waals surface area (Å²) in [5.41, 5.74) is 1.05. The Bertz CT molecular complexity index is 500. The first kappa shape index (κ1) is 13.1. The van der Waals surface area contributed by atoms with E-state index in [0.717, 1.165) is 0 Å². The van der Waals surface area contributed by atoms with Crippen molar-refractivity contribution in [1.82, 2.24) is 5.32 Å². The molecule has 0 aliphatic carbocycles. The molecule has 0 spiro atoms. The number of rotatable bonds is 4. The lowest BCUT2D eigenvalue weighted by molar-refractivity contribution is -0.114. The van der Waals surface area contributed by atoms with Crippen LogP contribution in [0.3, 0.4) is 0 Å². The van der Waals surface area contributed by atoms with Crippen molar-refractivity contribution in [2.75, 3.05) is 18.0 Å². The standard InChI is InChI=1S/C13H15ClN2O2/c1-8(2)15-5-6-16-11-7-9(14)3-4-10(11)12(17)13(16)18/h3-4,7-8,15H,5-6H2,1-2H3. The van der Waals surface area contributed by atoms with Gasteiger partial charge in [0, 0.05) is 24.2 Å². The number of carbonyl (C=O) groups is 2. The van der Waals surface area contributed by atoms with Gasteiger partial charge in [-0.3, -0.25) is 9.59 Å². The maximum atomic E-state index is 11.9. The van der Waals surface area contributed by atoms with E-state index in [1.54, 1.807) is 18.2 Å². The van der Waals surface area contributed by atoms with Crippen LogP contribution in [0.4, 0.5) is 5.69 Å². The Labute approximate surface area is 111 Å². The van der Waals surface area contributed by atoms with Crippen LogP contribution in [-0.2, 0) is 4.79 Å². The molecule has 0 saturated heterocycles. The van der Waals surface area contributed by atoms with E-state index in [2.05, 4.69) is 5.32 Å². The van der Waals surface area contributed by atoms with Crippen LogP contribution in [-0.4, -0.2) is 30.8 Å². The smallest absolute Gasteiger partial charge is 0.299 e. The van der Waals surface area contributed by atoms with E-state index in [0.29, 0.717) is 35.4 Å².